The fourth-order valence-electron chi connectivity index (χ4n) is 1.96. The summed E-state index contributed by atoms with van der Waals surface area (Å²) in [6, 6.07) is 6.55. The number of carboxylic acids is 1. The summed E-state index contributed by atoms with van der Waals surface area (Å²) < 4.78 is 0. The van der Waals surface area contributed by atoms with E-state index < -0.39 is 23.3 Å². The SMILES string of the molecule is Cc1cccc(NC(=O)NC(=O)CC(C)(C)CC(=O)O)c1. The Morgan fingerprint density at radius 2 is 1.86 bits per heavy atom. The lowest BCUT2D eigenvalue weighted by Crippen LogP contribution is -2.37. The van der Waals surface area contributed by atoms with Gasteiger partial charge in [0.2, 0.25) is 5.91 Å². The highest BCUT2D eigenvalue weighted by atomic mass is 16.4. The monoisotopic (exact) mass is 292 g/mol. The van der Waals surface area contributed by atoms with Gasteiger partial charge >= 0.3 is 12.0 Å². The second kappa shape index (κ2) is 6.88. The van der Waals surface area contributed by atoms with Gasteiger partial charge in [-0.25, -0.2) is 4.79 Å². The second-order valence-corrected chi connectivity index (χ2v) is 5.78. The maximum atomic E-state index is 11.7. The molecule has 3 amide bonds. The predicted molar refractivity (Wildman–Crippen MR) is 79.0 cm³/mol. The van der Waals surface area contributed by atoms with E-state index in [0.717, 1.165) is 5.56 Å². The van der Waals surface area contributed by atoms with Crippen molar-refractivity contribution in [3.05, 3.63) is 29.8 Å². The van der Waals surface area contributed by atoms with E-state index in [2.05, 4.69) is 10.6 Å². The fourth-order valence-corrected chi connectivity index (χ4v) is 1.96. The number of carbonyl (C=O) groups excluding carboxylic acids is 2. The third-order valence-electron chi connectivity index (χ3n) is 2.80. The standard InChI is InChI=1S/C15H20N2O4/c1-10-5-4-6-11(7-10)16-14(21)17-12(18)8-15(2,3)9-13(19)20/h4-7H,8-9H2,1-3H3,(H,19,20)(H2,16,17,18,21). The average Bonchev–Trinajstić information content (AvgIpc) is 2.24. The highest BCUT2D eigenvalue weighted by Gasteiger charge is 2.25. The highest BCUT2D eigenvalue weighted by Crippen LogP contribution is 2.24. The summed E-state index contributed by atoms with van der Waals surface area (Å²) in [5.41, 5.74) is 0.867. The molecule has 0 atom stereocenters. The lowest BCUT2D eigenvalue weighted by molar-refractivity contribution is -0.139. The van der Waals surface area contributed by atoms with Crippen LogP contribution in [0.5, 0.6) is 0 Å². The Morgan fingerprint density at radius 3 is 2.43 bits per heavy atom. The van der Waals surface area contributed by atoms with E-state index in [1.165, 1.54) is 0 Å². The molecule has 21 heavy (non-hydrogen) atoms. The molecule has 0 saturated carbocycles. The normalized spacial score (nSPS) is 10.8. The molecule has 1 rings (SSSR count). The van der Waals surface area contributed by atoms with Crippen molar-refractivity contribution in [3.63, 3.8) is 0 Å². The van der Waals surface area contributed by atoms with Crippen molar-refractivity contribution < 1.29 is 19.5 Å². The number of anilines is 1. The van der Waals surface area contributed by atoms with Gasteiger partial charge in [-0.2, -0.15) is 0 Å². The zero-order valence-electron chi connectivity index (χ0n) is 12.4. The van der Waals surface area contributed by atoms with Crippen LogP contribution in [0.15, 0.2) is 24.3 Å². The summed E-state index contributed by atoms with van der Waals surface area (Å²) in [5, 5.41) is 13.5. The number of hydrogen-bond acceptors (Lipinski definition) is 3. The molecular weight excluding hydrogens is 272 g/mol. The number of carbonyl (C=O) groups is 3. The van der Waals surface area contributed by atoms with Gasteiger partial charge in [0.15, 0.2) is 0 Å². The predicted octanol–water partition coefficient (Wildman–Crippen LogP) is 2.53. The third kappa shape index (κ3) is 6.56. The molecular formula is C15H20N2O4. The smallest absolute Gasteiger partial charge is 0.325 e. The quantitative estimate of drug-likeness (QED) is 0.777. The molecule has 114 valence electrons. The third-order valence-corrected chi connectivity index (χ3v) is 2.80. The zero-order valence-corrected chi connectivity index (χ0v) is 12.4. The number of carboxylic acid groups (broad SMARTS) is 1. The first kappa shape index (κ1) is 16.7. The Labute approximate surface area is 123 Å². The van der Waals surface area contributed by atoms with Gasteiger partial charge in [-0.05, 0) is 30.0 Å². The van der Waals surface area contributed by atoms with Crippen LogP contribution in [0.25, 0.3) is 0 Å². The van der Waals surface area contributed by atoms with E-state index >= 15 is 0 Å². The number of hydrogen-bond donors (Lipinski definition) is 3. The summed E-state index contributed by atoms with van der Waals surface area (Å²) in [4.78, 5) is 34.1. The number of amides is 3. The maximum Gasteiger partial charge on any atom is 0.325 e. The van der Waals surface area contributed by atoms with Crippen LogP contribution in [0, 0.1) is 12.3 Å². The first-order chi connectivity index (χ1) is 9.68. The number of aryl methyl sites for hydroxylation is 1. The molecule has 0 heterocycles. The number of rotatable bonds is 5. The topological polar surface area (TPSA) is 95.5 Å². The number of urea groups is 1. The molecule has 0 aliphatic rings. The van der Waals surface area contributed by atoms with Crippen molar-refractivity contribution in [2.24, 2.45) is 5.41 Å². The second-order valence-electron chi connectivity index (χ2n) is 5.78. The molecule has 0 fully saturated rings. The van der Waals surface area contributed by atoms with Crippen LogP contribution in [-0.4, -0.2) is 23.0 Å². The van der Waals surface area contributed by atoms with Crippen molar-refractivity contribution in [3.8, 4) is 0 Å². The van der Waals surface area contributed by atoms with Crippen LogP contribution in [0.2, 0.25) is 0 Å². The Kier molecular flexibility index (Phi) is 5.46. The van der Waals surface area contributed by atoms with Crippen molar-refractivity contribution in [2.75, 3.05) is 5.32 Å². The van der Waals surface area contributed by atoms with Crippen molar-refractivity contribution >= 4 is 23.6 Å². The first-order valence-corrected chi connectivity index (χ1v) is 6.57. The minimum atomic E-state index is -0.975. The van der Waals surface area contributed by atoms with Crippen molar-refractivity contribution in [1.82, 2.24) is 5.32 Å². The molecule has 6 nitrogen and oxygen atoms in total. The molecule has 3 N–H and O–H groups in total. The number of nitrogens with one attached hydrogen (secondary N) is 2. The molecule has 0 unspecified atom stereocenters. The zero-order chi connectivity index (χ0) is 16.0. The number of benzene rings is 1. The minimum absolute atomic E-state index is 0.0411. The molecule has 0 radical (unpaired) electrons. The Hall–Kier alpha value is -2.37. The van der Waals surface area contributed by atoms with E-state index in [9.17, 15) is 14.4 Å². The largest absolute Gasteiger partial charge is 0.481 e. The van der Waals surface area contributed by atoms with E-state index in [0.29, 0.717) is 5.69 Å². The average molecular weight is 292 g/mol. The van der Waals surface area contributed by atoms with Crippen LogP contribution in [-0.2, 0) is 9.59 Å². The van der Waals surface area contributed by atoms with Crippen molar-refractivity contribution in [2.45, 2.75) is 33.6 Å². The van der Waals surface area contributed by atoms with Crippen LogP contribution < -0.4 is 10.6 Å². The van der Waals surface area contributed by atoms with Gasteiger partial charge in [0, 0.05) is 12.1 Å². The first-order valence-electron chi connectivity index (χ1n) is 6.57. The molecule has 0 aliphatic heterocycles. The molecule has 0 bridgehead atoms. The highest BCUT2D eigenvalue weighted by molar-refractivity contribution is 6.01. The lowest BCUT2D eigenvalue weighted by Gasteiger charge is -2.21. The summed E-state index contributed by atoms with van der Waals surface area (Å²) in [6.07, 6.45) is -0.180. The summed E-state index contributed by atoms with van der Waals surface area (Å²) in [5.74, 6) is -1.48. The van der Waals surface area contributed by atoms with E-state index in [1.807, 2.05) is 13.0 Å². The maximum absolute atomic E-state index is 11.7. The molecule has 1 aromatic rings. The Bertz CT molecular complexity index is 552. The van der Waals surface area contributed by atoms with Gasteiger partial charge in [-0.1, -0.05) is 26.0 Å². The molecule has 1 aromatic carbocycles. The molecule has 0 aliphatic carbocycles. The van der Waals surface area contributed by atoms with Crippen LogP contribution in [0.3, 0.4) is 0 Å². The molecule has 6 heteroatoms. The van der Waals surface area contributed by atoms with Gasteiger partial charge in [0.1, 0.15) is 0 Å². The van der Waals surface area contributed by atoms with Crippen molar-refractivity contribution in [1.29, 1.82) is 0 Å². The van der Waals surface area contributed by atoms with E-state index in [1.54, 1.807) is 32.0 Å². The molecule has 0 aromatic heterocycles. The van der Waals surface area contributed by atoms with Gasteiger partial charge in [0.25, 0.3) is 0 Å². The van der Waals surface area contributed by atoms with Gasteiger partial charge in [-0.3, -0.25) is 14.9 Å². The summed E-state index contributed by atoms with van der Waals surface area (Å²) in [7, 11) is 0. The number of aliphatic carboxylic acids is 1. The number of imide groups is 1. The van der Waals surface area contributed by atoms with Gasteiger partial charge < -0.3 is 10.4 Å². The van der Waals surface area contributed by atoms with Crippen LogP contribution >= 0.6 is 0 Å². The van der Waals surface area contributed by atoms with E-state index in [-0.39, 0.29) is 12.8 Å². The minimum Gasteiger partial charge on any atom is -0.481 e. The lowest BCUT2D eigenvalue weighted by atomic mass is 9.85. The Balaban J connectivity index is 2.51. The fraction of sp³-hybridized carbons (Fsp3) is 0.400. The van der Waals surface area contributed by atoms with E-state index in [4.69, 9.17) is 5.11 Å². The van der Waals surface area contributed by atoms with Gasteiger partial charge in [-0.15, -0.1) is 0 Å². The van der Waals surface area contributed by atoms with Crippen LogP contribution in [0.1, 0.15) is 32.3 Å². The summed E-state index contributed by atoms with van der Waals surface area (Å²) >= 11 is 0. The van der Waals surface area contributed by atoms with Crippen LogP contribution in [0.4, 0.5) is 10.5 Å². The van der Waals surface area contributed by atoms with Gasteiger partial charge in [0.05, 0.1) is 6.42 Å². The Morgan fingerprint density at radius 1 is 1.19 bits per heavy atom. The summed E-state index contributed by atoms with van der Waals surface area (Å²) in [6.45, 7) is 5.22. The molecule has 0 spiro atoms. The molecule has 0 saturated heterocycles.